The number of carbonyl (C=O) groups excluding carboxylic acids is 1. The number of ketones is 1. The lowest BCUT2D eigenvalue weighted by Crippen LogP contribution is -2.62. The predicted octanol–water partition coefficient (Wildman–Crippen LogP) is 1.75. The second-order valence-electron chi connectivity index (χ2n) is 8.09. The summed E-state index contributed by atoms with van der Waals surface area (Å²) < 4.78 is 5.88. The SMILES string of the molecule is CCc1ccc(Cc2cc3c(cc2Cl)C(=O)C[C@]32O[C@H](CO)[C@@H](O)[C@H](O)[C@H]2O)cc1. The minimum Gasteiger partial charge on any atom is -0.394 e. The van der Waals surface area contributed by atoms with Gasteiger partial charge in [0.2, 0.25) is 0 Å². The third kappa shape index (κ3) is 3.38. The first-order valence-corrected chi connectivity index (χ1v) is 10.4. The van der Waals surface area contributed by atoms with Crippen molar-refractivity contribution in [1.82, 2.24) is 0 Å². The van der Waals surface area contributed by atoms with Crippen LogP contribution in [0.15, 0.2) is 36.4 Å². The Morgan fingerprint density at radius 1 is 1.10 bits per heavy atom. The zero-order chi connectivity index (χ0) is 21.6. The van der Waals surface area contributed by atoms with Gasteiger partial charge in [-0.05, 0) is 41.2 Å². The Morgan fingerprint density at radius 3 is 2.40 bits per heavy atom. The first-order chi connectivity index (χ1) is 14.3. The Balaban J connectivity index is 1.76. The molecule has 160 valence electrons. The van der Waals surface area contributed by atoms with Gasteiger partial charge in [-0.1, -0.05) is 48.9 Å². The summed E-state index contributed by atoms with van der Waals surface area (Å²) in [6, 6.07) is 11.5. The van der Waals surface area contributed by atoms with E-state index in [0.29, 0.717) is 22.6 Å². The van der Waals surface area contributed by atoms with E-state index >= 15 is 0 Å². The average molecular weight is 433 g/mol. The number of aliphatic hydroxyl groups is 4. The van der Waals surface area contributed by atoms with Crippen molar-refractivity contribution in [1.29, 1.82) is 0 Å². The highest BCUT2D eigenvalue weighted by Gasteiger charge is 2.58. The number of halogens is 1. The quantitative estimate of drug-likeness (QED) is 0.586. The van der Waals surface area contributed by atoms with Crippen LogP contribution in [0, 0.1) is 0 Å². The number of rotatable bonds is 4. The molecule has 0 aromatic heterocycles. The van der Waals surface area contributed by atoms with Crippen molar-refractivity contribution in [2.24, 2.45) is 0 Å². The average Bonchev–Trinajstić information content (AvgIpc) is 3.01. The fourth-order valence-electron chi connectivity index (χ4n) is 4.48. The van der Waals surface area contributed by atoms with Gasteiger partial charge in [-0.25, -0.2) is 0 Å². The highest BCUT2D eigenvalue weighted by atomic mass is 35.5. The number of benzene rings is 2. The van der Waals surface area contributed by atoms with Gasteiger partial charge in [-0.3, -0.25) is 4.79 Å². The number of carbonyl (C=O) groups is 1. The molecule has 30 heavy (non-hydrogen) atoms. The van der Waals surface area contributed by atoms with Crippen LogP contribution in [0.25, 0.3) is 0 Å². The molecule has 1 heterocycles. The molecule has 6 nitrogen and oxygen atoms in total. The van der Waals surface area contributed by atoms with Crippen LogP contribution in [0.4, 0.5) is 0 Å². The summed E-state index contributed by atoms with van der Waals surface area (Å²) in [6.07, 6.45) is -4.41. The van der Waals surface area contributed by atoms with Gasteiger partial charge in [0.25, 0.3) is 0 Å². The van der Waals surface area contributed by atoms with Crippen molar-refractivity contribution < 1.29 is 30.0 Å². The van der Waals surface area contributed by atoms with Crippen LogP contribution < -0.4 is 0 Å². The molecule has 4 rings (SSSR count). The third-order valence-corrected chi connectivity index (χ3v) is 6.62. The van der Waals surface area contributed by atoms with Gasteiger partial charge < -0.3 is 25.2 Å². The summed E-state index contributed by atoms with van der Waals surface area (Å²) in [5.41, 5.74) is 2.24. The molecule has 1 fully saturated rings. The minimum atomic E-state index is -1.56. The fourth-order valence-corrected chi connectivity index (χ4v) is 4.71. The highest BCUT2D eigenvalue weighted by molar-refractivity contribution is 6.32. The van der Waals surface area contributed by atoms with E-state index < -0.39 is 36.6 Å². The van der Waals surface area contributed by atoms with Gasteiger partial charge in [0.05, 0.1) is 6.61 Å². The molecule has 1 aliphatic heterocycles. The zero-order valence-electron chi connectivity index (χ0n) is 16.6. The Bertz CT molecular complexity index is 957. The number of ether oxygens (including phenoxy) is 1. The van der Waals surface area contributed by atoms with Crippen LogP contribution in [0.5, 0.6) is 0 Å². The topological polar surface area (TPSA) is 107 Å². The standard InChI is InChI=1S/C23H25ClO6/c1-2-12-3-5-13(6-4-12)7-14-8-16-15(9-17(14)24)18(26)10-23(16)22(29)21(28)20(27)19(11-25)30-23/h3-6,8-9,19-22,25,27-29H,2,7,10-11H2,1H3/t19-,20-,21+,22-,23+/m1/s1. The first-order valence-electron chi connectivity index (χ1n) is 10.1. The molecule has 4 N–H and O–H groups in total. The van der Waals surface area contributed by atoms with Gasteiger partial charge in [0, 0.05) is 17.0 Å². The Morgan fingerprint density at radius 2 is 1.77 bits per heavy atom. The Labute approximate surface area is 179 Å². The molecule has 2 aliphatic rings. The number of hydrogen-bond acceptors (Lipinski definition) is 6. The van der Waals surface area contributed by atoms with Gasteiger partial charge in [-0.15, -0.1) is 0 Å². The Hall–Kier alpha value is -1.80. The monoisotopic (exact) mass is 432 g/mol. The summed E-state index contributed by atoms with van der Waals surface area (Å²) in [5, 5.41) is 41.3. The summed E-state index contributed by atoms with van der Waals surface area (Å²) in [7, 11) is 0. The number of aryl methyl sites for hydroxylation is 1. The van der Waals surface area contributed by atoms with E-state index in [1.165, 1.54) is 5.56 Å². The zero-order valence-corrected chi connectivity index (χ0v) is 17.3. The van der Waals surface area contributed by atoms with Crippen molar-refractivity contribution in [2.75, 3.05) is 6.61 Å². The predicted molar refractivity (Wildman–Crippen MR) is 111 cm³/mol. The smallest absolute Gasteiger partial charge is 0.166 e. The lowest BCUT2D eigenvalue weighted by Gasteiger charge is -2.47. The molecule has 7 heteroatoms. The van der Waals surface area contributed by atoms with Gasteiger partial charge in [0.15, 0.2) is 5.78 Å². The van der Waals surface area contributed by atoms with Crippen LogP contribution >= 0.6 is 11.6 Å². The summed E-state index contributed by atoms with van der Waals surface area (Å²) in [4.78, 5) is 12.7. The number of aliphatic hydroxyl groups excluding tert-OH is 4. The molecular weight excluding hydrogens is 408 g/mol. The summed E-state index contributed by atoms with van der Waals surface area (Å²) in [5.74, 6) is -0.273. The maximum atomic E-state index is 12.7. The third-order valence-electron chi connectivity index (χ3n) is 6.27. The van der Waals surface area contributed by atoms with Crippen LogP contribution in [-0.2, 0) is 23.2 Å². The largest absolute Gasteiger partial charge is 0.394 e. The Kier molecular flexibility index (Phi) is 5.74. The first kappa shape index (κ1) is 21.4. The van der Waals surface area contributed by atoms with Gasteiger partial charge >= 0.3 is 0 Å². The normalized spacial score (nSPS) is 30.7. The molecule has 0 amide bonds. The van der Waals surface area contributed by atoms with Crippen molar-refractivity contribution in [3.63, 3.8) is 0 Å². The maximum absolute atomic E-state index is 12.7. The maximum Gasteiger partial charge on any atom is 0.166 e. The van der Waals surface area contributed by atoms with E-state index in [9.17, 15) is 25.2 Å². The van der Waals surface area contributed by atoms with Crippen LogP contribution in [-0.4, -0.2) is 57.2 Å². The summed E-state index contributed by atoms with van der Waals surface area (Å²) >= 11 is 6.47. The van der Waals surface area contributed by atoms with Gasteiger partial charge in [-0.2, -0.15) is 0 Å². The molecule has 0 saturated carbocycles. The van der Waals surface area contributed by atoms with Crippen LogP contribution in [0.3, 0.4) is 0 Å². The lowest BCUT2D eigenvalue weighted by molar-refractivity contribution is -0.276. The number of fused-ring (bicyclic) bond motifs is 2. The van der Waals surface area contributed by atoms with Crippen molar-refractivity contribution in [3.8, 4) is 0 Å². The molecular formula is C23H25ClO6. The van der Waals surface area contributed by atoms with E-state index in [-0.39, 0.29) is 12.2 Å². The van der Waals surface area contributed by atoms with E-state index in [4.69, 9.17) is 16.3 Å². The van der Waals surface area contributed by atoms with Crippen LogP contribution in [0.1, 0.15) is 46.0 Å². The second kappa shape index (κ2) is 8.04. The minimum absolute atomic E-state index is 0.200. The van der Waals surface area contributed by atoms with E-state index in [1.807, 2.05) is 12.1 Å². The number of Topliss-reactive ketones (excluding diaryl/α,β-unsaturated/α-hetero) is 1. The summed E-state index contributed by atoms with van der Waals surface area (Å²) in [6.45, 7) is 1.53. The molecule has 1 aliphatic carbocycles. The van der Waals surface area contributed by atoms with Crippen molar-refractivity contribution in [3.05, 3.63) is 69.2 Å². The molecule has 2 aromatic rings. The molecule has 0 bridgehead atoms. The molecule has 1 spiro atoms. The van der Waals surface area contributed by atoms with Gasteiger partial charge in [0.1, 0.15) is 30.0 Å². The van der Waals surface area contributed by atoms with E-state index in [1.54, 1.807) is 12.1 Å². The molecule has 2 aromatic carbocycles. The highest BCUT2D eigenvalue weighted by Crippen LogP contribution is 2.48. The van der Waals surface area contributed by atoms with Crippen molar-refractivity contribution >= 4 is 17.4 Å². The molecule has 0 radical (unpaired) electrons. The second-order valence-corrected chi connectivity index (χ2v) is 8.50. The molecule has 5 atom stereocenters. The number of hydrogen-bond donors (Lipinski definition) is 4. The van der Waals surface area contributed by atoms with E-state index in [0.717, 1.165) is 17.5 Å². The molecule has 0 unspecified atom stereocenters. The lowest BCUT2D eigenvalue weighted by atomic mass is 9.80. The fraction of sp³-hybridized carbons (Fsp3) is 0.435. The van der Waals surface area contributed by atoms with E-state index in [2.05, 4.69) is 19.1 Å². The van der Waals surface area contributed by atoms with Crippen LogP contribution in [0.2, 0.25) is 5.02 Å². The van der Waals surface area contributed by atoms with Crippen molar-refractivity contribution in [2.45, 2.75) is 56.2 Å². The molecule has 1 saturated heterocycles.